The highest BCUT2D eigenvalue weighted by Crippen LogP contribution is 2.42. The van der Waals surface area contributed by atoms with Crippen LogP contribution in [0.25, 0.3) is 0 Å². The van der Waals surface area contributed by atoms with Gasteiger partial charge >= 0.3 is 12.4 Å². The predicted octanol–water partition coefficient (Wildman–Crippen LogP) is 1.95. The standard InChI is InChI=1S/C6H7F6N/c7-5(8,9)3-1-13-2-4(3)6(10,11)12/h3-4,13H,1-2H2/t3-,4-/m0/s1. The molecule has 1 aliphatic rings. The first-order chi connectivity index (χ1) is 5.73. The second kappa shape index (κ2) is 3.04. The molecule has 2 atom stereocenters. The van der Waals surface area contributed by atoms with Gasteiger partial charge in [0.1, 0.15) is 0 Å². The number of rotatable bonds is 0. The van der Waals surface area contributed by atoms with Crippen molar-refractivity contribution in [1.82, 2.24) is 5.32 Å². The molecule has 1 rings (SSSR count). The summed E-state index contributed by atoms with van der Waals surface area (Å²) in [4.78, 5) is 0. The van der Waals surface area contributed by atoms with E-state index < -0.39 is 37.3 Å². The van der Waals surface area contributed by atoms with Gasteiger partial charge in [0.25, 0.3) is 0 Å². The molecule has 1 nitrogen and oxygen atoms in total. The van der Waals surface area contributed by atoms with Gasteiger partial charge in [0.05, 0.1) is 11.8 Å². The predicted molar refractivity (Wildman–Crippen MR) is 32.0 cm³/mol. The third-order valence-electron chi connectivity index (χ3n) is 2.06. The van der Waals surface area contributed by atoms with Crippen molar-refractivity contribution in [2.45, 2.75) is 12.4 Å². The number of hydrogen-bond acceptors (Lipinski definition) is 1. The highest BCUT2D eigenvalue weighted by atomic mass is 19.4. The average molecular weight is 207 g/mol. The Labute approximate surface area is 70.1 Å². The van der Waals surface area contributed by atoms with Crippen LogP contribution < -0.4 is 5.32 Å². The Morgan fingerprint density at radius 3 is 1.31 bits per heavy atom. The van der Waals surface area contributed by atoms with Gasteiger partial charge in [-0.25, -0.2) is 0 Å². The number of alkyl halides is 6. The minimum Gasteiger partial charge on any atom is -0.315 e. The molecule has 1 N–H and O–H groups in total. The molecule has 0 aliphatic carbocycles. The van der Waals surface area contributed by atoms with Crippen LogP contribution in [0, 0.1) is 11.8 Å². The van der Waals surface area contributed by atoms with Crippen LogP contribution in [0.5, 0.6) is 0 Å². The first kappa shape index (κ1) is 10.6. The fourth-order valence-electron chi connectivity index (χ4n) is 1.37. The van der Waals surface area contributed by atoms with Gasteiger partial charge in [0.15, 0.2) is 0 Å². The minimum atomic E-state index is -4.77. The smallest absolute Gasteiger partial charge is 0.315 e. The van der Waals surface area contributed by atoms with E-state index in [1.54, 1.807) is 0 Å². The number of nitrogens with one attached hydrogen (secondary N) is 1. The Hall–Kier alpha value is -0.460. The lowest BCUT2D eigenvalue weighted by Crippen LogP contribution is -2.37. The minimum absolute atomic E-state index is 0.645. The summed E-state index contributed by atoms with van der Waals surface area (Å²) < 4.78 is 72.0. The maximum absolute atomic E-state index is 12.0. The first-order valence-corrected chi connectivity index (χ1v) is 3.57. The van der Waals surface area contributed by atoms with Crippen LogP contribution in [0.1, 0.15) is 0 Å². The van der Waals surface area contributed by atoms with Crippen LogP contribution in [0.3, 0.4) is 0 Å². The van der Waals surface area contributed by atoms with Gasteiger partial charge in [-0.05, 0) is 0 Å². The van der Waals surface area contributed by atoms with Gasteiger partial charge in [0.2, 0.25) is 0 Å². The summed E-state index contributed by atoms with van der Waals surface area (Å²) in [7, 11) is 0. The van der Waals surface area contributed by atoms with Crippen LogP contribution in [-0.2, 0) is 0 Å². The molecule has 0 radical (unpaired) electrons. The summed E-state index contributed by atoms with van der Waals surface area (Å²) in [5, 5.41) is 2.10. The van der Waals surface area contributed by atoms with Gasteiger partial charge in [-0.3, -0.25) is 0 Å². The summed E-state index contributed by atoms with van der Waals surface area (Å²) in [5.41, 5.74) is 0. The van der Waals surface area contributed by atoms with Gasteiger partial charge in [0, 0.05) is 13.1 Å². The molecule has 0 bridgehead atoms. The SMILES string of the molecule is FC(F)(F)[C@H]1CNC[C@@H]1C(F)(F)F. The van der Waals surface area contributed by atoms with Crippen LogP contribution in [0.4, 0.5) is 26.3 Å². The molecule has 1 aliphatic heterocycles. The molecule has 0 aromatic carbocycles. The van der Waals surface area contributed by atoms with E-state index in [0.29, 0.717) is 0 Å². The first-order valence-electron chi connectivity index (χ1n) is 3.57. The highest BCUT2D eigenvalue weighted by Gasteiger charge is 2.57. The van der Waals surface area contributed by atoms with Crippen LogP contribution >= 0.6 is 0 Å². The number of halogens is 6. The second-order valence-corrected chi connectivity index (χ2v) is 2.95. The second-order valence-electron chi connectivity index (χ2n) is 2.95. The monoisotopic (exact) mass is 207 g/mol. The summed E-state index contributed by atoms with van der Waals surface area (Å²) in [6.07, 6.45) is -9.55. The quantitative estimate of drug-likeness (QED) is 0.598. The number of hydrogen-bond donors (Lipinski definition) is 1. The van der Waals surface area contributed by atoms with E-state index in [0.717, 1.165) is 0 Å². The molecule has 0 aromatic rings. The van der Waals surface area contributed by atoms with Gasteiger partial charge in [-0.1, -0.05) is 0 Å². The summed E-state index contributed by atoms with van der Waals surface area (Å²) in [5.74, 6) is -4.60. The van der Waals surface area contributed by atoms with Gasteiger partial charge in [-0.2, -0.15) is 26.3 Å². The van der Waals surface area contributed by atoms with E-state index in [9.17, 15) is 26.3 Å². The van der Waals surface area contributed by atoms with Crippen LogP contribution in [0.15, 0.2) is 0 Å². The zero-order valence-corrected chi connectivity index (χ0v) is 6.34. The lowest BCUT2D eigenvalue weighted by molar-refractivity contribution is -0.239. The summed E-state index contributed by atoms with van der Waals surface area (Å²) in [6.45, 7) is -1.29. The topological polar surface area (TPSA) is 12.0 Å². The lowest BCUT2D eigenvalue weighted by atomic mass is 9.95. The molecule has 13 heavy (non-hydrogen) atoms. The zero-order chi connectivity index (χ0) is 10.3. The Morgan fingerprint density at radius 1 is 0.769 bits per heavy atom. The molecule has 0 spiro atoms. The Balaban J connectivity index is 2.76. The summed E-state index contributed by atoms with van der Waals surface area (Å²) >= 11 is 0. The molecule has 0 saturated carbocycles. The van der Waals surface area contributed by atoms with Gasteiger partial charge < -0.3 is 5.32 Å². The average Bonchev–Trinajstić information content (AvgIpc) is 2.27. The van der Waals surface area contributed by atoms with E-state index in [-0.39, 0.29) is 0 Å². The van der Waals surface area contributed by atoms with Crippen molar-refractivity contribution in [1.29, 1.82) is 0 Å². The molecule has 0 aromatic heterocycles. The van der Waals surface area contributed by atoms with Gasteiger partial charge in [-0.15, -0.1) is 0 Å². The van der Waals surface area contributed by atoms with Crippen molar-refractivity contribution < 1.29 is 26.3 Å². The molecule has 7 heteroatoms. The summed E-state index contributed by atoms with van der Waals surface area (Å²) in [6, 6.07) is 0. The zero-order valence-electron chi connectivity index (χ0n) is 6.34. The lowest BCUT2D eigenvalue weighted by Gasteiger charge is -2.23. The van der Waals surface area contributed by atoms with Crippen molar-refractivity contribution in [3.63, 3.8) is 0 Å². The third kappa shape index (κ3) is 2.26. The van der Waals surface area contributed by atoms with Crippen molar-refractivity contribution in [2.75, 3.05) is 13.1 Å². The fraction of sp³-hybridized carbons (Fsp3) is 1.00. The van der Waals surface area contributed by atoms with Crippen molar-refractivity contribution in [2.24, 2.45) is 11.8 Å². The molecular formula is C6H7F6N. The maximum Gasteiger partial charge on any atom is 0.393 e. The molecule has 1 heterocycles. The Morgan fingerprint density at radius 2 is 1.08 bits per heavy atom. The Bertz CT molecular complexity index is 163. The van der Waals surface area contributed by atoms with Crippen molar-refractivity contribution in [3.8, 4) is 0 Å². The van der Waals surface area contributed by atoms with Crippen molar-refractivity contribution in [3.05, 3.63) is 0 Å². The molecule has 1 saturated heterocycles. The van der Waals surface area contributed by atoms with E-state index in [4.69, 9.17) is 0 Å². The fourth-order valence-corrected chi connectivity index (χ4v) is 1.37. The van der Waals surface area contributed by atoms with Crippen LogP contribution in [0.2, 0.25) is 0 Å². The van der Waals surface area contributed by atoms with Crippen LogP contribution in [-0.4, -0.2) is 25.4 Å². The normalized spacial score (nSPS) is 30.9. The van der Waals surface area contributed by atoms with E-state index in [1.807, 2.05) is 0 Å². The maximum atomic E-state index is 12.0. The molecule has 78 valence electrons. The largest absolute Gasteiger partial charge is 0.393 e. The van der Waals surface area contributed by atoms with E-state index in [2.05, 4.69) is 5.32 Å². The molecule has 0 amide bonds. The third-order valence-corrected chi connectivity index (χ3v) is 2.06. The molecule has 0 unspecified atom stereocenters. The highest BCUT2D eigenvalue weighted by molar-refractivity contribution is 4.89. The Kier molecular flexibility index (Phi) is 2.48. The molecular weight excluding hydrogens is 200 g/mol. The van der Waals surface area contributed by atoms with Crippen molar-refractivity contribution >= 4 is 0 Å². The van der Waals surface area contributed by atoms with E-state index >= 15 is 0 Å². The molecule has 1 fully saturated rings. The van der Waals surface area contributed by atoms with E-state index in [1.165, 1.54) is 0 Å².